The summed E-state index contributed by atoms with van der Waals surface area (Å²) >= 11 is 0. The number of carboxylic acids is 1. The quantitative estimate of drug-likeness (QED) is 0.727. The topological polar surface area (TPSA) is 72.8 Å². The Balaban J connectivity index is 1.43. The maximum absolute atomic E-state index is 11.0. The van der Waals surface area contributed by atoms with Crippen LogP contribution in [-0.4, -0.2) is 58.4 Å². The standard InChI is InChI=1S/C16H28N2O3/c19-15(20)12-3-6-16(21,7-4-12)11-17-13-5-9-18-8-1-2-14(18)10-13/h12-14,17,21H,1-11H2,(H,19,20). The molecule has 3 fully saturated rings. The molecule has 0 aromatic heterocycles. The van der Waals surface area contributed by atoms with E-state index >= 15 is 0 Å². The smallest absolute Gasteiger partial charge is 0.306 e. The third kappa shape index (κ3) is 3.58. The number of aliphatic carboxylic acids is 1. The number of nitrogens with one attached hydrogen (secondary N) is 1. The van der Waals surface area contributed by atoms with E-state index in [1.807, 2.05) is 0 Å². The fraction of sp³-hybridized carbons (Fsp3) is 0.938. The Hall–Kier alpha value is -0.650. The van der Waals surface area contributed by atoms with E-state index in [1.165, 1.54) is 38.8 Å². The zero-order chi connectivity index (χ0) is 14.9. The lowest BCUT2D eigenvalue weighted by atomic mass is 9.78. The zero-order valence-corrected chi connectivity index (χ0v) is 12.8. The van der Waals surface area contributed by atoms with E-state index in [4.69, 9.17) is 5.11 Å². The first kappa shape index (κ1) is 15.3. The lowest BCUT2D eigenvalue weighted by Gasteiger charge is -2.39. The van der Waals surface area contributed by atoms with Crippen LogP contribution in [0.1, 0.15) is 51.4 Å². The molecule has 0 spiro atoms. The number of hydrogen-bond donors (Lipinski definition) is 3. The monoisotopic (exact) mass is 296 g/mol. The fourth-order valence-corrected chi connectivity index (χ4v) is 4.32. The summed E-state index contributed by atoms with van der Waals surface area (Å²) in [5, 5.41) is 23.2. The highest BCUT2D eigenvalue weighted by atomic mass is 16.4. The molecular weight excluding hydrogens is 268 g/mol. The minimum absolute atomic E-state index is 0.257. The minimum atomic E-state index is -0.710. The van der Waals surface area contributed by atoms with E-state index < -0.39 is 11.6 Å². The fourth-order valence-electron chi connectivity index (χ4n) is 4.32. The molecule has 1 aliphatic carbocycles. The molecule has 120 valence electrons. The van der Waals surface area contributed by atoms with Crippen molar-refractivity contribution in [3.63, 3.8) is 0 Å². The molecule has 0 amide bonds. The first-order valence-corrected chi connectivity index (χ1v) is 8.48. The van der Waals surface area contributed by atoms with Gasteiger partial charge in [-0.1, -0.05) is 0 Å². The van der Waals surface area contributed by atoms with E-state index in [2.05, 4.69) is 10.2 Å². The maximum Gasteiger partial charge on any atom is 0.306 e. The maximum atomic E-state index is 11.0. The molecule has 3 aliphatic rings. The average Bonchev–Trinajstić information content (AvgIpc) is 2.93. The largest absolute Gasteiger partial charge is 0.481 e. The summed E-state index contributed by atoms with van der Waals surface area (Å²) in [6, 6.07) is 1.26. The van der Waals surface area contributed by atoms with Gasteiger partial charge in [0.1, 0.15) is 0 Å². The van der Waals surface area contributed by atoms with Gasteiger partial charge in [-0.3, -0.25) is 4.79 Å². The number of hydrogen-bond acceptors (Lipinski definition) is 4. The SMILES string of the molecule is O=C(O)C1CCC(O)(CNC2CCN3CCCC3C2)CC1. The van der Waals surface area contributed by atoms with E-state index in [0.29, 0.717) is 38.3 Å². The lowest BCUT2D eigenvalue weighted by molar-refractivity contribution is -0.144. The summed E-state index contributed by atoms with van der Waals surface area (Å²) in [6.07, 6.45) is 7.46. The molecule has 2 heterocycles. The predicted molar refractivity (Wildman–Crippen MR) is 80.2 cm³/mol. The van der Waals surface area contributed by atoms with Crippen LogP contribution in [0.2, 0.25) is 0 Å². The molecule has 0 aromatic rings. The van der Waals surface area contributed by atoms with Gasteiger partial charge >= 0.3 is 5.97 Å². The second kappa shape index (κ2) is 6.23. The van der Waals surface area contributed by atoms with E-state index in [0.717, 1.165) is 6.04 Å². The Morgan fingerprint density at radius 1 is 1.19 bits per heavy atom. The predicted octanol–water partition coefficient (Wildman–Crippen LogP) is 1.21. The Kier molecular flexibility index (Phi) is 4.52. The van der Waals surface area contributed by atoms with Crippen molar-refractivity contribution in [2.45, 2.75) is 69.1 Å². The van der Waals surface area contributed by atoms with Gasteiger partial charge in [0.25, 0.3) is 0 Å². The molecule has 3 N–H and O–H groups in total. The summed E-state index contributed by atoms with van der Waals surface area (Å²) in [7, 11) is 0. The zero-order valence-electron chi connectivity index (χ0n) is 12.8. The average molecular weight is 296 g/mol. The van der Waals surface area contributed by atoms with Crippen LogP contribution >= 0.6 is 0 Å². The number of carboxylic acid groups (broad SMARTS) is 1. The number of fused-ring (bicyclic) bond motifs is 1. The van der Waals surface area contributed by atoms with Crippen LogP contribution in [-0.2, 0) is 4.79 Å². The van der Waals surface area contributed by atoms with Gasteiger partial charge in [-0.2, -0.15) is 0 Å². The Morgan fingerprint density at radius 2 is 1.95 bits per heavy atom. The Morgan fingerprint density at radius 3 is 2.67 bits per heavy atom. The summed E-state index contributed by atoms with van der Waals surface area (Å²) in [5.41, 5.74) is -0.696. The van der Waals surface area contributed by atoms with Gasteiger partial charge in [0.05, 0.1) is 11.5 Å². The molecule has 2 unspecified atom stereocenters. The van der Waals surface area contributed by atoms with Crippen molar-refractivity contribution < 1.29 is 15.0 Å². The highest BCUT2D eigenvalue weighted by molar-refractivity contribution is 5.70. The van der Waals surface area contributed by atoms with Crippen LogP contribution in [0.15, 0.2) is 0 Å². The van der Waals surface area contributed by atoms with Gasteiger partial charge in [-0.25, -0.2) is 0 Å². The minimum Gasteiger partial charge on any atom is -0.481 e. The Labute approximate surface area is 126 Å². The van der Waals surface area contributed by atoms with Crippen molar-refractivity contribution in [1.29, 1.82) is 0 Å². The van der Waals surface area contributed by atoms with E-state index in [-0.39, 0.29) is 5.92 Å². The number of aliphatic hydroxyl groups is 1. The normalized spacial score (nSPS) is 40.9. The van der Waals surface area contributed by atoms with Crippen LogP contribution in [0.3, 0.4) is 0 Å². The molecule has 0 aromatic carbocycles. The van der Waals surface area contributed by atoms with E-state index in [9.17, 15) is 9.90 Å². The third-order valence-corrected chi connectivity index (χ3v) is 5.81. The van der Waals surface area contributed by atoms with Crippen molar-refractivity contribution in [2.75, 3.05) is 19.6 Å². The lowest BCUT2D eigenvalue weighted by Crippen LogP contribution is -2.51. The number of nitrogens with zero attached hydrogens (tertiary/aromatic N) is 1. The molecule has 2 saturated heterocycles. The van der Waals surface area contributed by atoms with Gasteiger partial charge in [0, 0.05) is 18.6 Å². The third-order valence-electron chi connectivity index (χ3n) is 5.81. The molecule has 21 heavy (non-hydrogen) atoms. The van der Waals surface area contributed by atoms with Crippen molar-refractivity contribution in [2.24, 2.45) is 5.92 Å². The molecule has 5 heteroatoms. The van der Waals surface area contributed by atoms with Crippen molar-refractivity contribution >= 4 is 5.97 Å². The highest BCUT2D eigenvalue weighted by Gasteiger charge is 2.37. The molecule has 1 saturated carbocycles. The molecule has 5 nitrogen and oxygen atoms in total. The molecule has 3 rings (SSSR count). The first-order chi connectivity index (χ1) is 10.1. The molecular formula is C16H28N2O3. The summed E-state index contributed by atoms with van der Waals surface area (Å²) in [5.74, 6) is -0.967. The van der Waals surface area contributed by atoms with Crippen LogP contribution < -0.4 is 5.32 Å². The number of piperidine rings is 1. The van der Waals surface area contributed by atoms with Gasteiger partial charge < -0.3 is 20.4 Å². The number of carbonyl (C=O) groups is 1. The van der Waals surface area contributed by atoms with Crippen molar-refractivity contribution in [3.05, 3.63) is 0 Å². The molecule has 0 bridgehead atoms. The van der Waals surface area contributed by atoms with Crippen LogP contribution in [0.5, 0.6) is 0 Å². The highest BCUT2D eigenvalue weighted by Crippen LogP contribution is 2.32. The van der Waals surface area contributed by atoms with Crippen LogP contribution in [0, 0.1) is 5.92 Å². The van der Waals surface area contributed by atoms with Crippen LogP contribution in [0.25, 0.3) is 0 Å². The first-order valence-electron chi connectivity index (χ1n) is 8.48. The van der Waals surface area contributed by atoms with E-state index in [1.54, 1.807) is 0 Å². The molecule has 2 atom stereocenters. The van der Waals surface area contributed by atoms with Crippen molar-refractivity contribution in [3.8, 4) is 0 Å². The van der Waals surface area contributed by atoms with Crippen LogP contribution in [0.4, 0.5) is 0 Å². The van der Waals surface area contributed by atoms with Gasteiger partial charge in [0.15, 0.2) is 0 Å². The van der Waals surface area contributed by atoms with Gasteiger partial charge in [-0.15, -0.1) is 0 Å². The summed E-state index contributed by atoms with van der Waals surface area (Å²) < 4.78 is 0. The van der Waals surface area contributed by atoms with Gasteiger partial charge in [0.2, 0.25) is 0 Å². The molecule has 0 radical (unpaired) electrons. The van der Waals surface area contributed by atoms with Crippen molar-refractivity contribution in [1.82, 2.24) is 10.2 Å². The summed E-state index contributed by atoms with van der Waals surface area (Å²) in [6.45, 7) is 3.07. The molecule has 2 aliphatic heterocycles. The second-order valence-corrected chi connectivity index (χ2v) is 7.27. The second-order valence-electron chi connectivity index (χ2n) is 7.27. The Bertz CT molecular complexity index is 380. The number of rotatable bonds is 4. The summed E-state index contributed by atoms with van der Waals surface area (Å²) in [4.78, 5) is 13.6. The van der Waals surface area contributed by atoms with Gasteiger partial charge in [-0.05, 0) is 64.5 Å².